The van der Waals surface area contributed by atoms with Gasteiger partial charge in [-0.3, -0.25) is 4.57 Å². The number of hydrogen-bond donors (Lipinski definition) is 1. The van der Waals surface area contributed by atoms with Crippen molar-refractivity contribution < 1.29 is 0 Å². The fourth-order valence-corrected chi connectivity index (χ4v) is 8.31. The molecule has 43 heavy (non-hydrogen) atoms. The number of benzene rings is 5. The van der Waals surface area contributed by atoms with E-state index in [4.69, 9.17) is 4.99 Å². The van der Waals surface area contributed by atoms with Crippen molar-refractivity contribution in [3.8, 4) is 0 Å². The van der Waals surface area contributed by atoms with E-state index in [9.17, 15) is 0 Å². The predicted octanol–water partition coefficient (Wildman–Crippen LogP) is 10.4. The molecule has 3 heterocycles. The molecular weight excluding hydrogens is 543 g/mol. The third-order valence-corrected chi connectivity index (χ3v) is 10.4. The van der Waals surface area contributed by atoms with Crippen molar-refractivity contribution in [2.75, 3.05) is 0 Å². The number of rotatable bonds is 2. The van der Waals surface area contributed by atoms with E-state index < -0.39 is 0 Å². The van der Waals surface area contributed by atoms with Gasteiger partial charge in [-0.1, -0.05) is 110 Å². The minimum atomic E-state index is 0.0487. The Balaban J connectivity index is 1.27. The molecule has 2 atom stereocenters. The molecule has 5 aromatic carbocycles. The summed E-state index contributed by atoms with van der Waals surface area (Å²) in [6, 6.07) is 41.6. The van der Waals surface area contributed by atoms with Gasteiger partial charge in [-0.2, -0.15) is 0 Å². The molecule has 0 bridgehead atoms. The van der Waals surface area contributed by atoms with E-state index in [1.165, 1.54) is 58.7 Å². The molecule has 0 spiro atoms. The number of nitrogens with one attached hydrogen (secondary N) is 1. The molecule has 206 valence electrons. The first kappa shape index (κ1) is 24.6. The molecule has 4 heteroatoms. The smallest absolute Gasteiger partial charge is 0.209 e. The lowest BCUT2D eigenvalue weighted by Crippen LogP contribution is -2.37. The summed E-state index contributed by atoms with van der Waals surface area (Å²) in [4.78, 5) is 6.72. The third kappa shape index (κ3) is 3.83. The Morgan fingerprint density at radius 1 is 0.721 bits per heavy atom. The number of nitrogens with zero attached hydrogens (tertiary/aromatic N) is 2. The second-order valence-corrected chi connectivity index (χ2v) is 12.8. The van der Waals surface area contributed by atoms with Crippen LogP contribution in [0.15, 0.2) is 138 Å². The minimum Gasteiger partial charge on any atom is -0.344 e. The highest BCUT2D eigenvalue weighted by atomic mass is 32.1. The first-order valence-electron chi connectivity index (χ1n) is 15.0. The van der Waals surface area contributed by atoms with Crippen LogP contribution in [0.5, 0.6) is 0 Å². The zero-order valence-corrected chi connectivity index (χ0v) is 24.6. The summed E-state index contributed by atoms with van der Waals surface area (Å²) in [5, 5.41) is 10.2. The predicted molar refractivity (Wildman–Crippen MR) is 183 cm³/mol. The first-order chi connectivity index (χ1) is 21.2. The lowest BCUT2D eigenvalue weighted by atomic mass is 9.82. The zero-order valence-electron chi connectivity index (χ0n) is 23.8. The van der Waals surface area contributed by atoms with Crippen molar-refractivity contribution in [2.45, 2.75) is 19.4 Å². The quantitative estimate of drug-likeness (QED) is 0.220. The summed E-state index contributed by atoms with van der Waals surface area (Å²) in [6.07, 6.45) is 5.69. The highest BCUT2D eigenvalue weighted by molar-refractivity contribution is 7.19. The molecule has 1 N–H and O–H groups in total. The molecule has 1 aliphatic carbocycles. The molecule has 0 saturated carbocycles. The van der Waals surface area contributed by atoms with Crippen LogP contribution in [0, 0.1) is 5.92 Å². The summed E-state index contributed by atoms with van der Waals surface area (Å²) in [5.41, 5.74) is 7.54. The first-order valence-corrected chi connectivity index (χ1v) is 15.8. The normalized spacial score (nSPS) is 18.4. The van der Waals surface area contributed by atoms with Gasteiger partial charge in [0.1, 0.15) is 0 Å². The second-order valence-electron chi connectivity index (χ2n) is 11.7. The number of aromatic nitrogens is 1. The molecule has 2 aromatic heterocycles. The molecule has 2 unspecified atom stereocenters. The largest absolute Gasteiger partial charge is 0.344 e. The summed E-state index contributed by atoms with van der Waals surface area (Å²) >= 11 is 1.87. The lowest BCUT2D eigenvalue weighted by Gasteiger charge is -2.31. The van der Waals surface area contributed by atoms with Crippen LogP contribution in [0.4, 0.5) is 5.69 Å². The van der Waals surface area contributed by atoms with E-state index in [0.29, 0.717) is 5.92 Å². The van der Waals surface area contributed by atoms with E-state index >= 15 is 0 Å². The molecule has 0 radical (unpaired) electrons. The second kappa shape index (κ2) is 9.55. The average molecular weight is 572 g/mol. The van der Waals surface area contributed by atoms with Crippen molar-refractivity contribution in [3.63, 3.8) is 0 Å². The summed E-state index contributed by atoms with van der Waals surface area (Å²) in [6.45, 7) is 2.35. The van der Waals surface area contributed by atoms with Gasteiger partial charge >= 0.3 is 0 Å². The van der Waals surface area contributed by atoms with E-state index in [-0.39, 0.29) is 6.04 Å². The van der Waals surface area contributed by atoms with Crippen LogP contribution in [0.3, 0.4) is 0 Å². The number of para-hydroxylation sites is 1. The highest BCUT2D eigenvalue weighted by Crippen LogP contribution is 2.48. The number of thiophene rings is 1. The van der Waals surface area contributed by atoms with Gasteiger partial charge in [0.25, 0.3) is 0 Å². The Labute approximate surface area is 254 Å². The molecule has 0 saturated heterocycles. The summed E-state index contributed by atoms with van der Waals surface area (Å²) < 4.78 is 3.62. The van der Waals surface area contributed by atoms with E-state index in [1.807, 2.05) is 11.3 Å². The van der Waals surface area contributed by atoms with Gasteiger partial charge in [0.05, 0.1) is 27.6 Å². The molecule has 1 aliphatic heterocycles. The van der Waals surface area contributed by atoms with Crippen LogP contribution in [0.2, 0.25) is 0 Å². The summed E-state index contributed by atoms with van der Waals surface area (Å²) in [5.74, 6) is 1.30. The fraction of sp³-hybridized carbons (Fsp3) is 0.103. The van der Waals surface area contributed by atoms with Gasteiger partial charge in [-0.15, -0.1) is 11.3 Å². The van der Waals surface area contributed by atoms with E-state index in [1.54, 1.807) is 0 Å². The Morgan fingerprint density at radius 3 is 2.28 bits per heavy atom. The Kier molecular flexibility index (Phi) is 5.47. The SMILES string of the molecule is CC1CC(C2NC(n3c4ccccc4c4cc5ccccc5cc43)=Nc3c2sc2ccccc32)=CC=C1c1ccccc1. The lowest BCUT2D eigenvalue weighted by molar-refractivity contribution is 0.630. The summed E-state index contributed by atoms with van der Waals surface area (Å²) in [7, 11) is 0. The van der Waals surface area contributed by atoms with Gasteiger partial charge < -0.3 is 5.32 Å². The maximum absolute atomic E-state index is 5.42. The average Bonchev–Trinajstić information content (AvgIpc) is 3.59. The van der Waals surface area contributed by atoms with Gasteiger partial charge in [0, 0.05) is 20.9 Å². The number of hydrogen-bond acceptors (Lipinski definition) is 3. The van der Waals surface area contributed by atoms with Crippen LogP contribution in [0.25, 0.3) is 48.2 Å². The minimum absolute atomic E-state index is 0.0487. The van der Waals surface area contributed by atoms with Crippen molar-refractivity contribution in [2.24, 2.45) is 10.9 Å². The third-order valence-electron chi connectivity index (χ3n) is 9.13. The Hall–Kier alpha value is -4.93. The van der Waals surface area contributed by atoms with E-state index in [2.05, 4.69) is 144 Å². The molecule has 0 fully saturated rings. The van der Waals surface area contributed by atoms with Crippen LogP contribution < -0.4 is 5.32 Å². The number of aliphatic imine (C=N–C) groups is 1. The molecule has 9 rings (SSSR count). The van der Waals surface area contributed by atoms with Crippen molar-refractivity contribution in [1.29, 1.82) is 0 Å². The Bertz CT molecular complexity index is 2320. The number of allylic oxidation sites excluding steroid dienone is 3. The Morgan fingerprint density at radius 2 is 1.44 bits per heavy atom. The van der Waals surface area contributed by atoms with Crippen molar-refractivity contribution in [1.82, 2.24) is 9.88 Å². The van der Waals surface area contributed by atoms with Crippen molar-refractivity contribution >= 4 is 71.2 Å². The number of fused-ring (bicyclic) bond motifs is 7. The highest BCUT2D eigenvalue weighted by Gasteiger charge is 2.32. The molecule has 2 aliphatic rings. The van der Waals surface area contributed by atoms with Crippen LogP contribution in [-0.4, -0.2) is 10.5 Å². The molecular formula is C39H29N3S. The fourth-order valence-electron chi connectivity index (χ4n) is 7.07. The van der Waals surface area contributed by atoms with Gasteiger partial charge in [-0.25, -0.2) is 4.99 Å². The van der Waals surface area contributed by atoms with Crippen LogP contribution in [0.1, 0.15) is 29.8 Å². The topological polar surface area (TPSA) is 29.3 Å². The van der Waals surface area contributed by atoms with Gasteiger partial charge in [-0.05, 0) is 64.1 Å². The molecule has 7 aromatic rings. The zero-order chi connectivity index (χ0) is 28.5. The standard InChI is InChI=1S/C39H29N3S/c1-24-21-28(19-20-29(24)25-11-3-2-4-12-25)36-38-37(31-16-8-10-18-35(31)43-38)41-39(40-36)42-33-17-9-7-15-30(33)32-22-26-13-5-6-14-27(26)23-34(32)42/h2-20,22-24,36H,21H2,1H3,(H,40,41). The van der Waals surface area contributed by atoms with Gasteiger partial charge in [0.2, 0.25) is 5.96 Å². The molecule has 3 nitrogen and oxygen atoms in total. The van der Waals surface area contributed by atoms with Gasteiger partial charge in [0.15, 0.2) is 0 Å². The monoisotopic (exact) mass is 571 g/mol. The van der Waals surface area contributed by atoms with Crippen LogP contribution >= 0.6 is 11.3 Å². The maximum Gasteiger partial charge on any atom is 0.209 e. The molecule has 0 amide bonds. The van der Waals surface area contributed by atoms with E-state index in [0.717, 1.165) is 23.6 Å². The maximum atomic E-state index is 5.42. The van der Waals surface area contributed by atoms with Crippen LogP contribution in [-0.2, 0) is 0 Å². The van der Waals surface area contributed by atoms with Crippen molar-refractivity contribution in [3.05, 3.63) is 143 Å².